The summed E-state index contributed by atoms with van der Waals surface area (Å²) in [7, 11) is 4.18. The topological polar surface area (TPSA) is 89.3 Å². The number of nitrogens with zero attached hydrogens (tertiary/aromatic N) is 5. The predicted octanol–water partition coefficient (Wildman–Crippen LogP) is 5.42. The lowest BCUT2D eigenvalue weighted by Gasteiger charge is -2.59. The maximum atomic E-state index is 13.2. The van der Waals surface area contributed by atoms with Crippen LogP contribution in [-0.2, 0) is 33.3 Å². The molecule has 2 aliphatic heterocycles. The van der Waals surface area contributed by atoms with Gasteiger partial charge >= 0.3 is 5.97 Å². The Morgan fingerprint density at radius 1 is 1.12 bits per heavy atom. The Bertz CT molecular complexity index is 1790. The summed E-state index contributed by atoms with van der Waals surface area (Å²) in [6, 6.07) is 17.5. The zero-order valence-corrected chi connectivity index (χ0v) is 25.9. The molecule has 0 saturated carbocycles. The van der Waals surface area contributed by atoms with Crippen molar-refractivity contribution in [3.63, 3.8) is 0 Å². The second-order valence-electron chi connectivity index (χ2n) is 12.0. The first-order chi connectivity index (χ1) is 20.7. The molecule has 1 amide bonds. The highest BCUT2D eigenvalue weighted by molar-refractivity contribution is 9.10. The van der Waals surface area contributed by atoms with Crippen molar-refractivity contribution < 1.29 is 19.1 Å². The van der Waals surface area contributed by atoms with Gasteiger partial charge in [0.1, 0.15) is 6.42 Å². The first kappa shape index (κ1) is 27.8. The Kier molecular flexibility index (Phi) is 6.66. The number of pyridine rings is 1. The van der Waals surface area contributed by atoms with Gasteiger partial charge < -0.3 is 14.0 Å². The van der Waals surface area contributed by atoms with Gasteiger partial charge in [0, 0.05) is 65.5 Å². The number of aryl methyl sites for hydroxylation is 1. The van der Waals surface area contributed by atoms with Crippen molar-refractivity contribution in [1.29, 1.82) is 0 Å². The number of rotatable bonds is 5. The average molecular weight is 643 g/mol. The lowest BCUT2D eigenvalue weighted by atomic mass is 9.61. The number of carbonyl (C=O) groups is 2. The molecule has 9 nitrogen and oxygen atoms in total. The van der Waals surface area contributed by atoms with Gasteiger partial charge in [0.2, 0.25) is 5.90 Å². The van der Waals surface area contributed by atoms with Crippen LogP contribution in [-0.4, -0.2) is 58.0 Å². The van der Waals surface area contributed by atoms with Crippen molar-refractivity contribution in [3.8, 4) is 0 Å². The highest BCUT2D eigenvalue weighted by Gasteiger charge is 2.61. The van der Waals surface area contributed by atoms with Crippen molar-refractivity contribution in [2.75, 3.05) is 25.2 Å². The van der Waals surface area contributed by atoms with Gasteiger partial charge in [0.25, 0.3) is 5.91 Å². The number of halogens is 1. The normalized spacial score (nSPS) is 25.0. The number of likely N-dealkylation sites (N-methyl/N-ethyl adjacent to an activating group) is 1. The van der Waals surface area contributed by atoms with Crippen molar-refractivity contribution in [2.45, 2.75) is 37.3 Å². The van der Waals surface area contributed by atoms with E-state index in [0.29, 0.717) is 34.6 Å². The van der Waals surface area contributed by atoms with Gasteiger partial charge in [-0.2, -0.15) is 5.01 Å². The molecule has 0 spiro atoms. The first-order valence-corrected chi connectivity index (χ1v) is 15.2. The van der Waals surface area contributed by atoms with Gasteiger partial charge in [-0.1, -0.05) is 30.3 Å². The SMILES string of the molecule is CN1C[C@H](COC(=O)c2cncc(Br)c2)C[C@]2(OC3=NN(c4ccccc4)C(=O)C3)c3cccc4c3c(cn4C)C[C@@]12C. The summed E-state index contributed by atoms with van der Waals surface area (Å²) < 4.78 is 15.9. The van der Waals surface area contributed by atoms with Crippen molar-refractivity contribution in [2.24, 2.45) is 18.1 Å². The molecule has 220 valence electrons. The van der Waals surface area contributed by atoms with Crippen LogP contribution in [0.15, 0.2) is 82.8 Å². The van der Waals surface area contributed by atoms with E-state index < -0.39 is 17.1 Å². The molecule has 0 N–H and O–H groups in total. The summed E-state index contributed by atoms with van der Waals surface area (Å²) in [5.41, 5.74) is 3.25. The molecular formula is C33H32BrN5O4. The van der Waals surface area contributed by atoms with Gasteiger partial charge in [0.05, 0.1) is 23.4 Å². The first-order valence-electron chi connectivity index (χ1n) is 14.4. The number of aromatic nitrogens is 2. The second kappa shape index (κ2) is 10.3. The highest BCUT2D eigenvalue weighted by atomic mass is 79.9. The third kappa shape index (κ3) is 4.46. The van der Waals surface area contributed by atoms with Crippen LogP contribution >= 0.6 is 15.9 Å². The smallest absolute Gasteiger partial charge is 0.339 e. The van der Waals surface area contributed by atoms with E-state index in [2.05, 4.69) is 75.8 Å². The van der Waals surface area contributed by atoms with E-state index in [-0.39, 0.29) is 24.9 Å². The van der Waals surface area contributed by atoms with E-state index in [1.54, 1.807) is 12.3 Å². The Morgan fingerprint density at radius 2 is 1.93 bits per heavy atom. The molecule has 2 aromatic heterocycles. The number of ether oxygens (including phenoxy) is 2. The van der Waals surface area contributed by atoms with Crippen LogP contribution in [0, 0.1) is 5.92 Å². The number of benzene rings is 2. The molecule has 3 aliphatic rings. The zero-order chi connectivity index (χ0) is 29.9. The quantitative estimate of drug-likeness (QED) is 0.270. The maximum Gasteiger partial charge on any atom is 0.339 e. The van der Waals surface area contributed by atoms with Crippen LogP contribution < -0.4 is 5.01 Å². The third-order valence-electron chi connectivity index (χ3n) is 9.32. The molecule has 2 aromatic carbocycles. The molecule has 10 heteroatoms. The van der Waals surface area contributed by atoms with Gasteiger partial charge in [-0.05, 0) is 66.2 Å². The molecule has 1 aliphatic carbocycles. The second-order valence-corrected chi connectivity index (χ2v) is 12.9. The summed E-state index contributed by atoms with van der Waals surface area (Å²) in [5, 5.41) is 7.31. The molecular weight excluding hydrogens is 610 g/mol. The monoisotopic (exact) mass is 641 g/mol. The van der Waals surface area contributed by atoms with Crippen LogP contribution in [0.25, 0.3) is 10.9 Å². The number of hydrazone groups is 1. The van der Waals surface area contributed by atoms with E-state index in [0.717, 1.165) is 17.5 Å². The van der Waals surface area contributed by atoms with Crippen LogP contribution in [0.1, 0.15) is 41.3 Å². The summed E-state index contributed by atoms with van der Waals surface area (Å²) in [4.78, 5) is 32.6. The molecule has 3 atom stereocenters. The molecule has 0 radical (unpaired) electrons. The molecule has 0 bridgehead atoms. The van der Waals surface area contributed by atoms with Crippen LogP contribution in [0.4, 0.5) is 5.69 Å². The third-order valence-corrected chi connectivity index (χ3v) is 9.75. The Morgan fingerprint density at radius 3 is 2.72 bits per heavy atom. The fourth-order valence-electron chi connectivity index (χ4n) is 7.20. The van der Waals surface area contributed by atoms with E-state index in [1.165, 1.54) is 22.2 Å². The van der Waals surface area contributed by atoms with Gasteiger partial charge in [-0.3, -0.25) is 14.7 Å². The van der Waals surface area contributed by atoms with E-state index in [9.17, 15) is 9.59 Å². The van der Waals surface area contributed by atoms with Gasteiger partial charge in [-0.25, -0.2) is 4.79 Å². The van der Waals surface area contributed by atoms with Crippen molar-refractivity contribution >= 4 is 50.3 Å². The standard InChI is InChI=1S/C33H32BrN5O4/c1-32-15-23-19-37(2)27-11-7-10-26(30(23)27)33(32,43-28-13-29(40)39(36-28)25-8-5-4-6-9-25)14-21(18-38(32)3)20-42-31(41)22-12-24(34)17-35-16-22/h4-12,16-17,19,21H,13-15,18,20H2,1-3H3/t21-,32-,33+/m1/s1. The minimum atomic E-state index is -0.853. The molecule has 0 unspecified atom stereocenters. The molecule has 1 saturated heterocycles. The van der Waals surface area contributed by atoms with Crippen molar-refractivity contribution in [3.05, 3.63) is 94.4 Å². The van der Waals surface area contributed by atoms with Crippen LogP contribution in [0.3, 0.4) is 0 Å². The number of carbonyl (C=O) groups excluding carboxylic acids is 2. The molecule has 4 aromatic rings. The van der Waals surface area contributed by atoms with Crippen molar-refractivity contribution in [1.82, 2.24) is 14.5 Å². The number of anilines is 1. The minimum absolute atomic E-state index is 0.0365. The van der Waals surface area contributed by atoms with E-state index >= 15 is 0 Å². The number of esters is 1. The van der Waals surface area contributed by atoms with Crippen LogP contribution in [0.2, 0.25) is 0 Å². The number of likely N-dealkylation sites (tertiary alicyclic amines) is 1. The summed E-state index contributed by atoms with van der Waals surface area (Å²) >= 11 is 3.38. The fourth-order valence-corrected chi connectivity index (χ4v) is 7.57. The number of hydrogen-bond acceptors (Lipinski definition) is 7. The number of fused-ring (bicyclic) bond motifs is 2. The lowest BCUT2D eigenvalue weighted by Crippen LogP contribution is -2.68. The van der Waals surface area contributed by atoms with Crippen LogP contribution in [0.5, 0.6) is 0 Å². The highest BCUT2D eigenvalue weighted by Crippen LogP contribution is 2.56. The molecule has 7 rings (SSSR count). The molecule has 4 heterocycles. The van der Waals surface area contributed by atoms with E-state index in [1.807, 2.05) is 30.3 Å². The molecule has 1 fully saturated rings. The predicted molar refractivity (Wildman–Crippen MR) is 167 cm³/mol. The largest absolute Gasteiger partial charge is 0.466 e. The van der Waals surface area contributed by atoms with Gasteiger partial charge in [-0.15, -0.1) is 5.10 Å². The Hall–Kier alpha value is -4.02. The molecule has 43 heavy (non-hydrogen) atoms. The number of piperidine rings is 1. The fraction of sp³-hybridized carbons (Fsp3) is 0.333. The maximum absolute atomic E-state index is 13.2. The Balaban J connectivity index is 1.28. The Labute approximate surface area is 258 Å². The van der Waals surface area contributed by atoms with Gasteiger partial charge in [0.15, 0.2) is 5.60 Å². The summed E-state index contributed by atoms with van der Waals surface area (Å²) in [5.74, 6) is -0.195. The minimum Gasteiger partial charge on any atom is -0.466 e. The van der Waals surface area contributed by atoms with E-state index in [4.69, 9.17) is 14.6 Å². The number of para-hydroxylation sites is 1. The average Bonchev–Trinajstić information content (AvgIpc) is 3.52. The summed E-state index contributed by atoms with van der Waals surface area (Å²) in [6.07, 6.45) is 6.77. The summed E-state index contributed by atoms with van der Waals surface area (Å²) in [6.45, 7) is 3.17. The lowest BCUT2D eigenvalue weighted by molar-refractivity contribution is -0.149. The number of hydrogen-bond donors (Lipinski definition) is 0. The number of amides is 1. The zero-order valence-electron chi connectivity index (χ0n) is 24.3.